The van der Waals surface area contributed by atoms with E-state index in [0.29, 0.717) is 6.54 Å². The van der Waals surface area contributed by atoms with Crippen molar-refractivity contribution in [1.82, 2.24) is 0 Å². The lowest BCUT2D eigenvalue weighted by molar-refractivity contribution is 0.582. The van der Waals surface area contributed by atoms with E-state index in [2.05, 4.69) is 0 Å². The quantitative estimate of drug-likeness (QED) is 0.775. The Bertz CT molecular complexity index is 324. The van der Waals surface area contributed by atoms with E-state index in [1.165, 1.54) is 0 Å². The molecular weight excluding hydrogens is 193 g/mol. The summed E-state index contributed by atoms with van der Waals surface area (Å²) in [7, 11) is -2.10. The molecule has 0 spiro atoms. The molecule has 14 heavy (non-hydrogen) atoms. The van der Waals surface area contributed by atoms with Crippen molar-refractivity contribution in [2.75, 3.05) is 12.3 Å². The fourth-order valence-electron chi connectivity index (χ4n) is 1.49. The van der Waals surface area contributed by atoms with Crippen LogP contribution in [0, 0.1) is 0 Å². The lowest BCUT2D eigenvalue weighted by atomic mass is 10.2. The molecule has 0 radical (unpaired) electrons. The second-order valence-electron chi connectivity index (χ2n) is 3.39. The Kier molecular flexibility index (Phi) is 3.91. The lowest BCUT2D eigenvalue weighted by Crippen LogP contribution is -2.09. The zero-order valence-corrected chi connectivity index (χ0v) is 9.76. The molecule has 0 aliphatic rings. The molecule has 0 aromatic heterocycles. The van der Waals surface area contributed by atoms with Crippen molar-refractivity contribution in [2.24, 2.45) is 5.73 Å². The van der Waals surface area contributed by atoms with Gasteiger partial charge in [-0.15, -0.1) is 0 Å². The Morgan fingerprint density at radius 3 is 2.00 bits per heavy atom. The van der Waals surface area contributed by atoms with Gasteiger partial charge in [0, 0.05) is 24.2 Å². The second-order valence-corrected chi connectivity index (χ2v) is 6.95. The van der Waals surface area contributed by atoms with Crippen molar-refractivity contribution >= 4 is 12.4 Å². The van der Waals surface area contributed by atoms with Crippen molar-refractivity contribution in [3.63, 3.8) is 0 Å². The maximum atomic E-state index is 12.3. The molecule has 3 heteroatoms. The van der Waals surface area contributed by atoms with Crippen molar-refractivity contribution in [3.05, 3.63) is 29.8 Å². The van der Waals surface area contributed by atoms with Crippen LogP contribution in [0.4, 0.5) is 0 Å². The van der Waals surface area contributed by atoms with Gasteiger partial charge in [-0.2, -0.15) is 0 Å². The molecule has 0 bridgehead atoms. The van der Waals surface area contributed by atoms with E-state index in [0.717, 1.165) is 23.2 Å². The monoisotopic (exact) mass is 211 g/mol. The van der Waals surface area contributed by atoms with Gasteiger partial charge in [-0.25, -0.2) is 0 Å². The Balaban J connectivity index is 3.01. The summed E-state index contributed by atoms with van der Waals surface area (Å²) in [6.45, 7) is 4.52. The molecule has 0 amide bonds. The molecule has 0 saturated carbocycles. The van der Waals surface area contributed by atoms with Crippen LogP contribution in [0.1, 0.15) is 19.4 Å². The van der Waals surface area contributed by atoms with E-state index in [1.54, 1.807) is 0 Å². The number of benzene rings is 1. The van der Waals surface area contributed by atoms with Crippen LogP contribution in [-0.4, -0.2) is 12.3 Å². The van der Waals surface area contributed by atoms with Gasteiger partial charge in [-0.3, -0.25) is 0 Å². The van der Waals surface area contributed by atoms with Crippen LogP contribution in [0.15, 0.2) is 24.3 Å². The fraction of sp³-hybridized carbons (Fsp3) is 0.455. The highest BCUT2D eigenvalue weighted by molar-refractivity contribution is 7.71. The first kappa shape index (κ1) is 11.5. The third-order valence-corrected chi connectivity index (χ3v) is 5.95. The molecule has 2 N–H and O–H groups in total. The Labute approximate surface area is 85.9 Å². The van der Waals surface area contributed by atoms with Crippen molar-refractivity contribution in [3.8, 4) is 0 Å². The standard InChI is InChI=1S/C11H18NOP/c1-3-14(13,4-2)11-7-5-10(9-12)6-8-11/h5-8H,3-4,9,12H2,1-2H3. The maximum Gasteiger partial charge on any atom is 0.115 e. The van der Waals surface area contributed by atoms with E-state index in [9.17, 15) is 4.57 Å². The Hall–Kier alpha value is -0.590. The molecule has 0 saturated heterocycles. The van der Waals surface area contributed by atoms with Crippen LogP contribution in [-0.2, 0) is 11.1 Å². The van der Waals surface area contributed by atoms with E-state index in [-0.39, 0.29) is 0 Å². The highest BCUT2D eigenvalue weighted by atomic mass is 31.2. The number of nitrogens with two attached hydrogens (primary N) is 1. The SMILES string of the molecule is CCP(=O)(CC)c1ccc(CN)cc1. The number of hydrogen-bond acceptors (Lipinski definition) is 2. The summed E-state index contributed by atoms with van der Waals surface area (Å²) in [6.07, 6.45) is 1.48. The van der Waals surface area contributed by atoms with Crippen molar-refractivity contribution in [1.29, 1.82) is 0 Å². The number of rotatable bonds is 4. The van der Waals surface area contributed by atoms with Crippen LogP contribution in [0.2, 0.25) is 0 Å². The average molecular weight is 211 g/mol. The minimum atomic E-state index is -2.10. The van der Waals surface area contributed by atoms with Gasteiger partial charge in [0.25, 0.3) is 0 Å². The van der Waals surface area contributed by atoms with Gasteiger partial charge in [-0.1, -0.05) is 38.1 Å². The molecule has 1 rings (SSSR count). The fourth-order valence-corrected chi connectivity index (χ4v) is 3.36. The number of hydrogen-bond donors (Lipinski definition) is 1. The van der Waals surface area contributed by atoms with E-state index < -0.39 is 7.14 Å². The van der Waals surface area contributed by atoms with Crippen LogP contribution >= 0.6 is 7.14 Å². The van der Waals surface area contributed by atoms with Gasteiger partial charge < -0.3 is 10.3 Å². The summed E-state index contributed by atoms with van der Waals surface area (Å²) >= 11 is 0. The highest BCUT2D eigenvalue weighted by Crippen LogP contribution is 2.43. The van der Waals surface area contributed by atoms with Gasteiger partial charge in [-0.05, 0) is 5.56 Å². The molecule has 0 fully saturated rings. The zero-order chi connectivity index (χ0) is 10.6. The first-order valence-corrected chi connectivity index (χ1v) is 7.11. The highest BCUT2D eigenvalue weighted by Gasteiger charge is 2.19. The van der Waals surface area contributed by atoms with E-state index in [4.69, 9.17) is 5.73 Å². The Morgan fingerprint density at radius 1 is 1.14 bits per heavy atom. The summed E-state index contributed by atoms with van der Waals surface area (Å²) in [4.78, 5) is 0. The molecule has 0 unspecified atom stereocenters. The first-order valence-electron chi connectivity index (χ1n) is 5.04. The predicted molar refractivity (Wildman–Crippen MR) is 62.7 cm³/mol. The summed E-state index contributed by atoms with van der Waals surface area (Å²) in [5.74, 6) is 0. The summed E-state index contributed by atoms with van der Waals surface area (Å²) in [6, 6.07) is 7.84. The summed E-state index contributed by atoms with van der Waals surface area (Å²) < 4.78 is 12.3. The van der Waals surface area contributed by atoms with Crippen LogP contribution in [0.25, 0.3) is 0 Å². The third-order valence-electron chi connectivity index (χ3n) is 2.66. The van der Waals surface area contributed by atoms with Gasteiger partial charge in [0.15, 0.2) is 0 Å². The Morgan fingerprint density at radius 2 is 1.64 bits per heavy atom. The van der Waals surface area contributed by atoms with Crippen LogP contribution < -0.4 is 11.0 Å². The van der Waals surface area contributed by atoms with Gasteiger partial charge >= 0.3 is 0 Å². The smallest absolute Gasteiger partial charge is 0.115 e. The first-order chi connectivity index (χ1) is 6.66. The normalized spacial score (nSPS) is 11.6. The molecule has 0 heterocycles. The summed E-state index contributed by atoms with van der Waals surface area (Å²) in [5, 5.41) is 0.986. The van der Waals surface area contributed by atoms with Crippen molar-refractivity contribution in [2.45, 2.75) is 20.4 Å². The minimum Gasteiger partial charge on any atom is -0.326 e. The van der Waals surface area contributed by atoms with E-state index in [1.807, 2.05) is 38.1 Å². The lowest BCUT2D eigenvalue weighted by Gasteiger charge is -2.14. The van der Waals surface area contributed by atoms with Crippen LogP contribution in [0.3, 0.4) is 0 Å². The molecule has 1 aromatic carbocycles. The minimum absolute atomic E-state index is 0.544. The molecule has 0 aliphatic heterocycles. The third kappa shape index (κ3) is 2.26. The molecule has 2 nitrogen and oxygen atoms in total. The molecular formula is C11H18NOP. The largest absolute Gasteiger partial charge is 0.326 e. The summed E-state index contributed by atoms with van der Waals surface area (Å²) in [5.41, 5.74) is 6.60. The van der Waals surface area contributed by atoms with Gasteiger partial charge in [0.05, 0.1) is 0 Å². The zero-order valence-electron chi connectivity index (χ0n) is 8.86. The van der Waals surface area contributed by atoms with Crippen LogP contribution in [0.5, 0.6) is 0 Å². The molecule has 0 aliphatic carbocycles. The topological polar surface area (TPSA) is 43.1 Å². The molecule has 78 valence electrons. The molecule has 0 atom stereocenters. The van der Waals surface area contributed by atoms with E-state index >= 15 is 0 Å². The molecule has 1 aromatic rings. The van der Waals surface area contributed by atoms with Gasteiger partial charge in [0.1, 0.15) is 7.14 Å². The maximum absolute atomic E-state index is 12.3. The van der Waals surface area contributed by atoms with Gasteiger partial charge in [0.2, 0.25) is 0 Å². The second kappa shape index (κ2) is 4.77. The average Bonchev–Trinajstić information content (AvgIpc) is 2.28. The predicted octanol–water partition coefficient (Wildman–Crippen LogP) is 2.17. The van der Waals surface area contributed by atoms with Crippen molar-refractivity contribution < 1.29 is 4.57 Å².